The highest BCUT2D eigenvalue weighted by molar-refractivity contribution is 7.90. The summed E-state index contributed by atoms with van der Waals surface area (Å²) in [5.41, 5.74) is 0.452. The van der Waals surface area contributed by atoms with Crippen molar-refractivity contribution in [3.05, 3.63) is 59.5 Å². The Balaban J connectivity index is 0.000000290. The third-order valence-corrected chi connectivity index (χ3v) is 7.94. The minimum absolute atomic E-state index is 0.0163. The summed E-state index contributed by atoms with van der Waals surface area (Å²) in [4.78, 5) is 36.7. The lowest BCUT2D eigenvalue weighted by Gasteiger charge is -2.26. The average Bonchev–Trinajstić information content (AvgIpc) is 3.57. The summed E-state index contributed by atoms with van der Waals surface area (Å²) in [6, 6.07) is 7.14. The molecule has 2 N–H and O–H groups in total. The molecule has 0 fully saturated rings. The maximum atomic E-state index is 13.0. The summed E-state index contributed by atoms with van der Waals surface area (Å²) >= 11 is 0.210. The number of hydrogen-bond acceptors (Lipinski definition) is 14. The van der Waals surface area contributed by atoms with Gasteiger partial charge in [-0.25, -0.2) is 18.9 Å². The number of rotatable bonds is 12. The van der Waals surface area contributed by atoms with Crippen molar-refractivity contribution >= 4 is 44.9 Å². The first-order valence-corrected chi connectivity index (χ1v) is 16.6. The summed E-state index contributed by atoms with van der Waals surface area (Å²) in [7, 11) is -2.11. The van der Waals surface area contributed by atoms with E-state index in [0.717, 1.165) is 12.3 Å². The van der Waals surface area contributed by atoms with E-state index in [1.165, 1.54) is 55.5 Å². The lowest BCUT2D eigenvalue weighted by molar-refractivity contribution is -0.154. The van der Waals surface area contributed by atoms with Crippen molar-refractivity contribution < 1.29 is 67.7 Å². The Hall–Kier alpha value is -5.59. The summed E-state index contributed by atoms with van der Waals surface area (Å²) < 4.78 is 133. The number of nitrogens with one attached hydrogen (secondary N) is 2. The van der Waals surface area contributed by atoms with Gasteiger partial charge in [0, 0.05) is 17.9 Å². The van der Waals surface area contributed by atoms with Crippen LogP contribution in [0.5, 0.6) is 22.7 Å². The predicted molar refractivity (Wildman–Crippen MR) is 170 cm³/mol. The molecular formula is C28H27F7N8O8S2. The molecule has 0 saturated heterocycles. The molecule has 3 aromatic heterocycles. The van der Waals surface area contributed by atoms with Crippen molar-refractivity contribution in [2.24, 2.45) is 0 Å². The zero-order chi connectivity index (χ0) is 39.6. The Morgan fingerprint density at radius 3 is 2.09 bits per heavy atom. The Bertz CT molecular complexity index is 1940. The number of anilines is 2. The minimum Gasteiger partial charge on any atom is -0.481 e. The second kappa shape index (κ2) is 17.8. The third kappa shape index (κ3) is 12.8. The number of benzene rings is 1. The molecule has 0 unspecified atom stereocenters. The van der Waals surface area contributed by atoms with Crippen LogP contribution in [-0.4, -0.2) is 85.2 Å². The van der Waals surface area contributed by atoms with E-state index >= 15 is 0 Å². The number of carbonyl (C=O) groups excluding carboxylic acids is 2. The lowest BCUT2D eigenvalue weighted by atomic mass is 10.2. The number of carbonyl (C=O) groups is 2. The van der Waals surface area contributed by atoms with Gasteiger partial charge in [0.1, 0.15) is 5.82 Å². The first-order chi connectivity index (χ1) is 24.7. The highest BCUT2D eigenvalue weighted by atomic mass is 32.2. The first-order valence-electron chi connectivity index (χ1n) is 14.3. The van der Waals surface area contributed by atoms with Gasteiger partial charge < -0.3 is 23.8 Å². The molecule has 25 heteroatoms. The van der Waals surface area contributed by atoms with Crippen LogP contribution in [0.3, 0.4) is 0 Å². The molecule has 0 atom stereocenters. The quantitative estimate of drug-likeness (QED) is 0.185. The van der Waals surface area contributed by atoms with Gasteiger partial charge in [-0.2, -0.15) is 44.7 Å². The topological polar surface area (TPSA) is 197 Å². The highest BCUT2D eigenvalue weighted by Crippen LogP contribution is 2.34. The number of ether oxygens (including phenoxy) is 4. The number of aromatic nitrogens is 5. The van der Waals surface area contributed by atoms with Gasteiger partial charge in [0.05, 0.1) is 20.3 Å². The number of nitrogens with zero attached hydrogens (tertiary/aromatic N) is 6. The summed E-state index contributed by atoms with van der Waals surface area (Å²) in [6.07, 6.45) is -8.31. The monoisotopic (exact) mass is 800 g/mol. The van der Waals surface area contributed by atoms with Gasteiger partial charge in [0.25, 0.3) is 21.1 Å². The van der Waals surface area contributed by atoms with E-state index in [0.29, 0.717) is 5.69 Å². The van der Waals surface area contributed by atoms with Crippen LogP contribution in [0.15, 0.2) is 53.7 Å². The number of amides is 3. The fraction of sp³-hybridized carbons (Fsp3) is 0.321. The summed E-state index contributed by atoms with van der Waals surface area (Å²) in [5.74, 6) is -1.96. The van der Waals surface area contributed by atoms with Crippen LogP contribution in [-0.2, 0) is 21.0 Å². The number of urea groups is 1. The molecule has 288 valence electrons. The van der Waals surface area contributed by atoms with Crippen molar-refractivity contribution in [1.29, 1.82) is 0 Å². The van der Waals surface area contributed by atoms with Crippen LogP contribution in [0.2, 0.25) is 0 Å². The zero-order valence-electron chi connectivity index (χ0n) is 27.5. The molecule has 1 aromatic carbocycles. The second-order valence-electron chi connectivity index (χ2n) is 10.0. The smallest absolute Gasteiger partial charge is 0.445 e. The van der Waals surface area contributed by atoms with Gasteiger partial charge in [-0.05, 0) is 50.2 Å². The molecule has 3 heterocycles. The minimum atomic E-state index is -4.70. The Kier molecular flexibility index (Phi) is 14.0. The van der Waals surface area contributed by atoms with Gasteiger partial charge >= 0.3 is 18.4 Å². The average molecular weight is 801 g/mol. The van der Waals surface area contributed by atoms with E-state index in [1.807, 2.05) is 5.32 Å². The second-order valence-corrected chi connectivity index (χ2v) is 12.6. The maximum Gasteiger partial charge on any atom is 0.445 e. The molecule has 3 amide bonds. The normalized spacial score (nSPS) is 11.5. The SMILES string of the molecule is CC(C)N(C(=O)COc1nnc(C(F)(F)F)s1)c1ccc(F)cc1.COc1cc(OC)nc(NC(=O)NS(=O)(=O)c2ncccc2OCC(F)(F)F)n1. The lowest BCUT2D eigenvalue weighted by Crippen LogP contribution is -2.40. The Labute approximate surface area is 299 Å². The number of sulfonamides is 1. The van der Waals surface area contributed by atoms with Crippen LogP contribution in [0, 0.1) is 5.82 Å². The van der Waals surface area contributed by atoms with Crippen molar-refractivity contribution in [2.45, 2.75) is 37.3 Å². The highest BCUT2D eigenvalue weighted by Gasteiger charge is 2.36. The molecule has 0 aliphatic heterocycles. The number of pyridine rings is 1. The van der Waals surface area contributed by atoms with Crippen LogP contribution < -0.4 is 33.9 Å². The molecule has 4 aromatic rings. The fourth-order valence-electron chi connectivity index (χ4n) is 3.72. The van der Waals surface area contributed by atoms with Gasteiger partial charge in [0.2, 0.25) is 27.7 Å². The molecule has 4 rings (SSSR count). The van der Waals surface area contributed by atoms with E-state index < -0.39 is 69.1 Å². The molecule has 0 spiro atoms. The number of halogens is 7. The van der Waals surface area contributed by atoms with E-state index in [9.17, 15) is 48.7 Å². The zero-order valence-corrected chi connectivity index (χ0v) is 29.2. The predicted octanol–water partition coefficient (Wildman–Crippen LogP) is 4.86. The largest absolute Gasteiger partial charge is 0.481 e. The molecule has 0 saturated carbocycles. The number of methoxy groups -OCH3 is 2. The van der Waals surface area contributed by atoms with Gasteiger partial charge in [0.15, 0.2) is 19.0 Å². The number of alkyl halides is 6. The molecule has 0 aliphatic carbocycles. The molecule has 16 nitrogen and oxygen atoms in total. The Morgan fingerprint density at radius 2 is 1.57 bits per heavy atom. The van der Waals surface area contributed by atoms with Crippen molar-refractivity contribution in [1.82, 2.24) is 29.9 Å². The molecular weight excluding hydrogens is 773 g/mol. The molecule has 0 bridgehead atoms. The van der Waals surface area contributed by atoms with E-state index in [1.54, 1.807) is 18.6 Å². The Morgan fingerprint density at radius 1 is 0.943 bits per heavy atom. The van der Waals surface area contributed by atoms with Crippen LogP contribution >= 0.6 is 11.3 Å². The molecule has 53 heavy (non-hydrogen) atoms. The van der Waals surface area contributed by atoms with E-state index in [-0.39, 0.29) is 40.3 Å². The molecule has 0 radical (unpaired) electrons. The summed E-state index contributed by atoms with van der Waals surface area (Å²) in [6.45, 7) is 1.23. The number of hydrogen-bond donors (Lipinski definition) is 2. The van der Waals surface area contributed by atoms with Gasteiger partial charge in [-0.1, -0.05) is 16.4 Å². The van der Waals surface area contributed by atoms with Gasteiger partial charge in [-0.3, -0.25) is 10.1 Å². The van der Waals surface area contributed by atoms with Crippen LogP contribution in [0.1, 0.15) is 18.9 Å². The van der Waals surface area contributed by atoms with Crippen molar-refractivity contribution in [3.8, 4) is 22.7 Å². The third-order valence-electron chi connectivity index (χ3n) is 5.79. The standard InChI is InChI=1S/C14H13F4N3O2S.C14H14F3N5O6S/c1-8(2)21(10-5-3-9(15)4-6-10)11(22)7-23-13-20-19-12(24-13)14(16,17)18;1-26-9-6-10(27-2)20-12(19-9)21-13(23)22-29(24,25)11-8(4-3-5-18-11)28-7-14(15,16)17/h3-6,8H,7H2,1-2H3;3-6H,7H2,1-2H3,(H2,19,20,21,22,23). The fourth-order valence-corrected chi connectivity index (χ4v) is 5.27. The van der Waals surface area contributed by atoms with E-state index in [4.69, 9.17) is 14.2 Å². The van der Waals surface area contributed by atoms with Crippen molar-refractivity contribution in [2.75, 3.05) is 37.7 Å². The summed E-state index contributed by atoms with van der Waals surface area (Å²) in [5, 5.41) is 5.84. The van der Waals surface area contributed by atoms with Gasteiger partial charge in [-0.15, -0.1) is 5.10 Å². The molecule has 0 aliphatic rings. The maximum absolute atomic E-state index is 13.0. The van der Waals surface area contributed by atoms with Crippen LogP contribution in [0.4, 0.5) is 47.2 Å². The van der Waals surface area contributed by atoms with Crippen molar-refractivity contribution in [3.63, 3.8) is 0 Å². The van der Waals surface area contributed by atoms with Crippen LogP contribution in [0.25, 0.3) is 0 Å². The van der Waals surface area contributed by atoms with E-state index in [2.05, 4.69) is 29.9 Å². The first kappa shape index (κ1) is 41.8.